The Morgan fingerprint density at radius 1 is 1.18 bits per heavy atom. The Kier molecular flexibility index (Phi) is 5.05. The number of nitrogens with zero attached hydrogens (tertiary/aromatic N) is 1. The zero-order chi connectivity index (χ0) is 19.7. The van der Waals surface area contributed by atoms with Crippen molar-refractivity contribution >= 4 is 34.0 Å². The molecule has 28 heavy (non-hydrogen) atoms. The fourth-order valence-corrected chi connectivity index (χ4v) is 4.70. The minimum Gasteiger partial charge on any atom is -0.493 e. The first kappa shape index (κ1) is 18.5. The summed E-state index contributed by atoms with van der Waals surface area (Å²) < 4.78 is 10.8. The third-order valence-electron chi connectivity index (χ3n) is 5.06. The van der Waals surface area contributed by atoms with Gasteiger partial charge in [-0.3, -0.25) is 4.79 Å². The Morgan fingerprint density at radius 3 is 2.79 bits per heavy atom. The van der Waals surface area contributed by atoms with Gasteiger partial charge in [0.25, 0.3) is 5.91 Å². The summed E-state index contributed by atoms with van der Waals surface area (Å²) in [6, 6.07) is 12.7. The van der Waals surface area contributed by atoms with Crippen LogP contribution in [0.1, 0.15) is 33.8 Å². The van der Waals surface area contributed by atoms with E-state index in [2.05, 4.69) is 0 Å². The van der Waals surface area contributed by atoms with Crippen molar-refractivity contribution in [2.24, 2.45) is 0 Å². The third kappa shape index (κ3) is 3.03. The van der Waals surface area contributed by atoms with Gasteiger partial charge in [0.2, 0.25) is 0 Å². The molecule has 1 aliphatic rings. The number of methoxy groups -OCH3 is 1. The predicted molar refractivity (Wildman–Crippen MR) is 109 cm³/mol. The highest BCUT2D eigenvalue weighted by molar-refractivity contribution is 7.10. The average Bonchev–Trinajstić information content (AvgIpc) is 3.21. The van der Waals surface area contributed by atoms with E-state index in [9.17, 15) is 9.59 Å². The van der Waals surface area contributed by atoms with Gasteiger partial charge in [0.15, 0.2) is 6.04 Å². The summed E-state index contributed by atoms with van der Waals surface area (Å²) in [5.74, 6) is -0.107. The second-order valence-electron chi connectivity index (χ2n) is 6.57. The summed E-state index contributed by atoms with van der Waals surface area (Å²) in [5, 5.41) is 3.73. The molecule has 0 N–H and O–H groups in total. The van der Waals surface area contributed by atoms with E-state index in [4.69, 9.17) is 9.47 Å². The monoisotopic (exact) mass is 395 g/mol. The van der Waals surface area contributed by atoms with Crippen molar-refractivity contribution in [3.63, 3.8) is 0 Å². The summed E-state index contributed by atoms with van der Waals surface area (Å²) in [5.41, 5.74) is 1.35. The predicted octanol–water partition coefficient (Wildman–Crippen LogP) is 4.21. The Hall–Kier alpha value is -2.86. The molecule has 0 spiro atoms. The van der Waals surface area contributed by atoms with Crippen LogP contribution in [-0.4, -0.2) is 37.0 Å². The van der Waals surface area contributed by atoms with Crippen LogP contribution in [0.25, 0.3) is 10.8 Å². The van der Waals surface area contributed by atoms with Gasteiger partial charge in [0, 0.05) is 11.4 Å². The molecule has 0 saturated carbocycles. The molecular weight excluding hydrogens is 374 g/mol. The summed E-state index contributed by atoms with van der Waals surface area (Å²) >= 11 is 1.61. The van der Waals surface area contributed by atoms with Gasteiger partial charge in [-0.05, 0) is 47.2 Å². The topological polar surface area (TPSA) is 55.8 Å². The molecule has 6 heteroatoms. The van der Waals surface area contributed by atoms with E-state index in [1.807, 2.05) is 54.8 Å². The quantitative estimate of drug-likeness (QED) is 0.621. The number of hydrogen-bond acceptors (Lipinski definition) is 5. The Bertz CT molecular complexity index is 1040. The second-order valence-corrected chi connectivity index (χ2v) is 7.57. The lowest BCUT2D eigenvalue weighted by atomic mass is 9.96. The van der Waals surface area contributed by atoms with Gasteiger partial charge in [-0.25, -0.2) is 4.79 Å². The van der Waals surface area contributed by atoms with Crippen molar-refractivity contribution in [1.29, 1.82) is 0 Å². The van der Waals surface area contributed by atoms with E-state index in [0.717, 1.165) is 27.6 Å². The molecule has 3 aromatic rings. The third-order valence-corrected chi connectivity index (χ3v) is 6.05. The molecular formula is C22H21NO4S. The van der Waals surface area contributed by atoms with E-state index in [1.54, 1.807) is 16.2 Å². The normalized spacial score (nSPS) is 15.9. The maximum absolute atomic E-state index is 13.7. The molecule has 0 aliphatic carbocycles. The van der Waals surface area contributed by atoms with Gasteiger partial charge in [0.05, 0.1) is 19.3 Å². The summed E-state index contributed by atoms with van der Waals surface area (Å²) in [6.45, 7) is 2.80. The number of carbonyl (C=O) groups excluding carboxylic acids is 2. The van der Waals surface area contributed by atoms with Crippen LogP contribution in [0.2, 0.25) is 0 Å². The summed E-state index contributed by atoms with van der Waals surface area (Å²) in [4.78, 5) is 29.1. The standard InChI is InChI=1S/C22H21NO4S/c1-3-27-17-9-8-14-6-4-5-7-15(14)19(17)21(24)23-12-10-18-16(11-13-28-18)20(23)22(25)26-2/h4-9,11,13,20H,3,10,12H2,1-2H3. The van der Waals surface area contributed by atoms with Crippen molar-refractivity contribution in [1.82, 2.24) is 4.90 Å². The molecule has 0 saturated heterocycles. The SMILES string of the molecule is CCOc1ccc2ccccc2c1C(=O)N1CCc2sccc2C1C(=O)OC. The van der Waals surface area contributed by atoms with Crippen LogP contribution in [0.4, 0.5) is 0 Å². The maximum atomic E-state index is 13.7. The van der Waals surface area contributed by atoms with Gasteiger partial charge >= 0.3 is 5.97 Å². The molecule has 1 amide bonds. The van der Waals surface area contributed by atoms with Crippen molar-refractivity contribution < 1.29 is 19.1 Å². The Labute approximate surface area is 167 Å². The number of carbonyl (C=O) groups is 2. The number of esters is 1. The fourth-order valence-electron chi connectivity index (χ4n) is 3.79. The van der Waals surface area contributed by atoms with Crippen LogP contribution in [0, 0.1) is 0 Å². The summed E-state index contributed by atoms with van der Waals surface area (Å²) in [7, 11) is 1.36. The Morgan fingerprint density at radius 2 is 2.00 bits per heavy atom. The van der Waals surface area contributed by atoms with Crippen molar-refractivity contribution in [3.8, 4) is 5.75 Å². The number of ether oxygens (including phenoxy) is 2. The van der Waals surface area contributed by atoms with Crippen LogP contribution < -0.4 is 4.74 Å². The lowest BCUT2D eigenvalue weighted by Gasteiger charge is -2.34. The number of thiophene rings is 1. The van der Waals surface area contributed by atoms with Crippen molar-refractivity contribution in [2.45, 2.75) is 19.4 Å². The maximum Gasteiger partial charge on any atom is 0.333 e. The van der Waals surface area contributed by atoms with Crippen molar-refractivity contribution in [3.05, 3.63) is 63.8 Å². The van der Waals surface area contributed by atoms with Crippen LogP contribution in [0.15, 0.2) is 47.8 Å². The first-order valence-electron chi connectivity index (χ1n) is 9.25. The van der Waals surface area contributed by atoms with Crippen LogP contribution in [0.3, 0.4) is 0 Å². The molecule has 0 radical (unpaired) electrons. The van der Waals surface area contributed by atoms with E-state index < -0.39 is 12.0 Å². The number of rotatable bonds is 4. The van der Waals surface area contributed by atoms with E-state index >= 15 is 0 Å². The van der Waals surface area contributed by atoms with Gasteiger partial charge in [-0.15, -0.1) is 11.3 Å². The molecule has 1 aliphatic heterocycles. The molecule has 4 rings (SSSR count). The highest BCUT2D eigenvalue weighted by Gasteiger charge is 2.39. The molecule has 2 aromatic carbocycles. The van der Waals surface area contributed by atoms with Gasteiger partial charge < -0.3 is 14.4 Å². The lowest BCUT2D eigenvalue weighted by Crippen LogP contribution is -2.43. The molecule has 5 nitrogen and oxygen atoms in total. The first-order chi connectivity index (χ1) is 13.7. The smallest absolute Gasteiger partial charge is 0.333 e. The molecule has 0 fully saturated rings. The minimum atomic E-state index is -0.735. The second kappa shape index (κ2) is 7.64. The average molecular weight is 395 g/mol. The first-order valence-corrected chi connectivity index (χ1v) is 10.1. The fraction of sp³-hybridized carbons (Fsp3) is 0.273. The Balaban J connectivity index is 1.85. The number of benzene rings is 2. The number of amides is 1. The van der Waals surface area contributed by atoms with E-state index in [0.29, 0.717) is 24.5 Å². The van der Waals surface area contributed by atoms with Gasteiger partial charge in [0.1, 0.15) is 5.75 Å². The zero-order valence-corrected chi connectivity index (χ0v) is 16.6. The van der Waals surface area contributed by atoms with Crippen LogP contribution >= 0.6 is 11.3 Å². The zero-order valence-electron chi connectivity index (χ0n) is 15.8. The minimum absolute atomic E-state index is 0.215. The largest absolute Gasteiger partial charge is 0.493 e. The molecule has 1 aromatic heterocycles. The van der Waals surface area contributed by atoms with E-state index in [1.165, 1.54) is 7.11 Å². The van der Waals surface area contributed by atoms with Gasteiger partial charge in [-0.1, -0.05) is 30.3 Å². The lowest BCUT2D eigenvalue weighted by molar-refractivity contribution is -0.146. The van der Waals surface area contributed by atoms with Crippen LogP contribution in [-0.2, 0) is 16.0 Å². The van der Waals surface area contributed by atoms with Crippen molar-refractivity contribution in [2.75, 3.05) is 20.3 Å². The summed E-state index contributed by atoms with van der Waals surface area (Å²) in [6.07, 6.45) is 0.723. The molecule has 1 unspecified atom stereocenters. The molecule has 2 heterocycles. The van der Waals surface area contributed by atoms with Crippen LogP contribution in [0.5, 0.6) is 5.75 Å². The highest BCUT2D eigenvalue weighted by Crippen LogP contribution is 2.37. The highest BCUT2D eigenvalue weighted by atomic mass is 32.1. The number of fused-ring (bicyclic) bond motifs is 2. The molecule has 144 valence electrons. The molecule has 1 atom stereocenters. The number of hydrogen-bond donors (Lipinski definition) is 0. The van der Waals surface area contributed by atoms with E-state index in [-0.39, 0.29) is 5.91 Å². The van der Waals surface area contributed by atoms with Gasteiger partial charge in [-0.2, -0.15) is 0 Å². The molecule has 0 bridgehead atoms.